The molecule has 2 aromatic rings. The Morgan fingerprint density at radius 1 is 1.17 bits per heavy atom. The number of rotatable bonds is 8. The predicted molar refractivity (Wildman–Crippen MR) is 114 cm³/mol. The van der Waals surface area contributed by atoms with Crippen molar-refractivity contribution in [3.8, 4) is 11.5 Å². The SMILES string of the molecule is CCOc1ccc(/C=C(\C(=O)[O-])c2ccc(S(=O)(=O)N3CCCCC3)s2)cc1OC. The number of carbonyl (C=O) groups is 1. The average molecular weight is 451 g/mol. The van der Waals surface area contributed by atoms with E-state index >= 15 is 0 Å². The van der Waals surface area contributed by atoms with E-state index in [1.54, 1.807) is 18.2 Å². The first kappa shape index (κ1) is 22.3. The molecule has 9 heteroatoms. The summed E-state index contributed by atoms with van der Waals surface area (Å²) in [5.41, 5.74) is 0.481. The van der Waals surface area contributed by atoms with E-state index in [1.807, 2.05) is 6.92 Å². The fourth-order valence-electron chi connectivity index (χ4n) is 3.28. The molecule has 0 radical (unpaired) electrons. The maximum Gasteiger partial charge on any atom is 0.252 e. The van der Waals surface area contributed by atoms with Crippen LogP contribution in [0.1, 0.15) is 36.6 Å². The summed E-state index contributed by atoms with van der Waals surface area (Å²) in [4.78, 5) is 12.1. The normalized spacial score (nSPS) is 15.7. The van der Waals surface area contributed by atoms with Crippen LogP contribution in [0, 0.1) is 0 Å². The first-order valence-electron chi connectivity index (χ1n) is 9.71. The van der Waals surface area contributed by atoms with Crippen molar-refractivity contribution in [3.05, 3.63) is 40.8 Å². The van der Waals surface area contributed by atoms with Crippen molar-refractivity contribution in [2.45, 2.75) is 30.4 Å². The molecule has 0 bridgehead atoms. The fourth-order valence-corrected chi connectivity index (χ4v) is 6.26. The number of thiophene rings is 1. The average Bonchev–Trinajstić information content (AvgIpc) is 3.24. The van der Waals surface area contributed by atoms with E-state index in [1.165, 1.54) is 29.6 Å². The van der Waals surface area contributed by atoms with Crippen LogP contribution >= 0.6 is 11.3 Å². The van der Waals surface area contributed by atoms with Crippen LogP contribution < -0.4 is 14.6 Å². The summed E-state index contributed by atoms with van der Waals surface area (Å²) in [5.74, 6) is -0.354. The molecular formula is C21H24NO6S2-. The van der Waals surface area contributed by atoms with Gasteiger partial charge in [0.25, 0.3) is 10.0 Å². The van der Waals surface area contributed by atoms with Gasteiger partial charge in [-0.25, -0.2) is 8.42 Å². The molecule has 2 heterocycles. The Kier molecular flexibility index (Phi) is 7.17. The van der Waals surface area contributed by atoms with Gasteiger partial charge in [-0.15, -0.1) is 11.3 Å². The largest absolute Gasteiger partial charge is 0.545 e. The Morgan fingerprint density at radius 2 is 1.90 bits per heavy atom. The molecule has 0 spiro atoms. The summed E-state index contributed by atoms with van der Waals surface area (Å²) in [6, 6.07) is 8.03. The third-order valence-electron chi connectivity index (χ3n) is 4.77. The minimum absolute atomic E-state index is 0.0914. The third kappa shape index (κ3) is 4.85. The van der Waals surface area contributed by atoms with Gasteiger partial charge in [0.15, 0.2) is 11.5 Å². The van der Waals surface area contributed by atoms with Crippen molar-refractivity contribution in [2.75, 3.05) is 26.8 Å². The van der Waals surface area contributed by atoms with Crippen molar-refractivity contribution in [1.29, 1.82) is 0 Å². The van der Waals surface area contributed by atoms with Crippen LogP contribution in [-0.2, 0) is 14.8 Å². The van der Waals surface area contributed by atoms with Gasteiger partial charge < -0.3 is 19.4 Å². The first-order valence-corrected chi connectivity index (χ1v) is 12.0. The van der Waals surface area contributed by atoms with Gasteiger partial charge in [-0.2, -0.15) is 4.31 Å². The van der Waals surface area contributed by atoms with E-state index in [0.717, 1.165) is 30.6 Å². The van der Waals surface area contributed by atoms with Gasteiger partial charge in [-0.05, 0) is 55.7 Å². The maximum atomic E-state index is 12.9. The molecule has 0 amide bonds. The Bertz CT molecular complexity index is 1040. The lowest BCUT2D eigenvalue weighted by Crippen LogP contribution is -2.35. The molecule has 0 N–H and O–H groups in total. The molecule has 0 aliphatic carbocycles. The zero-order valence-corrected chi connectivity index (χ0v) is 18.6. The molecule has 1 aliphatic rings. The van der Waals surface area contributed by atoms with E-state index in [2.05, 4.69) is 0 Å². The molecular weight excluding hydrogens is 426 g/mol. The third-order valence-corrected chi connectivity index (χ3v) is 8.26. The monoisotopic (exact) mass is 450 g/mol. The molecule has 7 nitrogen and oxygen atoms in total. The van der Waals surface area contributed by atoms with E-state index in [4.69, 9.17) is 9.47 Å². The second kappa shape index (κ2) is 9.63. The lowest BCUT2D eigenvalue weighted by atomic mass is 10.1. The minimum atomic E-state index is -3.62. The van der Waals surface area contributed by atoms with Gasteiger partial charge in [0, 0.05) is 23.5 Å². The zero-order chi connectivity index (χ0) is 21.7. The van der Waals surface area contributed by atoms with Gasteiger partial charge in [0.2, 0.25) is 0 Å². The van der Waals surface area contributed by atoms with Crippen LogP contribution in [0.5, 0.6) is 11.5 Å². The van der Waals surface area contributed by atoms with Gasteiger partial charge in [0.1, 0.15) is 4.21 Å². The molecule has 1 aromatic heterocycles. The molecule has 1 aromatic carbocycles. The molecule has 1 saturated heterocycles. The van der Waals surface area contributed by atoms with E-state index in [0.29, 0.717) is 41.6 Å². The van der Waals surface area contributed by atoms with Crippen LogP contribution in [0.15, 0.2) is 34.5 Å². The van der Waals surface area contributed by atoms with Crippen molar-refractivity contribution in [1.82, 2.24) is 4.31 Å². The number of nitrogens with zero attached hydrogens (tertiary/aromatic N) is 1. The summed E-state index contributed by atoms with van der Waals surface area (Å²) in [6.07, 6.45) is 4.13. The van der Waals surface area contributed by atoms with Crippen LogP contribution in [0.25, 0.3) is 11.6 Å². The molecule has 30 heavy (non-hydrogen) atoms. The molecule has 3 rings (SSSR count). The van der Waals surface area contributed by atoms with Crippen molar-refractivity contribution < 1.29 is 27.8 Å². The van der Waals surface area contributed by atoms with E-state index in [-0.39, 0.29) is 9.78 Å². The summed E-state index contributed by atoms with van der Waals surface area (Å²) in [6.45, 7) is 3.31. The Labute approximate surface area is 180 Å². The van der Waals surface area contributed by atoms with Gasteiger partial charge >= 0.3 is 0 Å². The Balaban J connectivity index is 1.93. The van der Waals surface area contributed by atoms with E-state index in [9.17, 15) is 18.3 Å². The number of benzene rings is 1. The topological polar surface area (TPSA) is 96.0 Å². The lowest BCUT2D eigenvalue weighted by Gasteiger charge is -2.25. The summed E-state index contributed by atoms with van der Waals surface area (Å²) in [5, 5.41) is 11.8. The molecule has 0 unspecified atom stereocenters. The number of carboxylic acid groups (broad SMARTS) is 1. The highest BCUT2D eigenvalue weighted by Gasteiger charge is 2.27. The smallest absolute Gasteiger partial charge is 0.252 e. The van der Waals surface area contributed by atoms with E-state index < -0.39 is 16.0 Å². The number of sulfonamides is 1. The molecule has 0 atom stereocenters. The van der Waals surface area contributed by atoms with Crippen molar-refractivity contribution in [3.63, 3.8) is 0 Å². The molecule has 1 aliphatic heterocycles. The number of methoxy groups -OCH3 is 1. The highest BCUT2D eigenvalue weighted by Crippen LogP contribution is 2.33. The minimum Gasteiger partial charge on any atom is -0.545 e. The summed E-state index contributed by atoms with van der Waals surface area (Å²) in [7, 11) is -2.12. The number of ether oxygens (including phenoxy) is 2. The number of piperidine rings is 1. The quantitative estimate of drug-likeness (QED) is 0.574. The number of carboxylic acids is 1. The Morgan fingerprint density at radius 3 is 2.53 bits per heavy atom. The van der Waals surface area contributed by atoms with Crippen LogP contribution in [0.2, 0.25) is 0 Å². The predicted octanol–water partition coefficient (Wildman–Crippen LogP) is 2.62. The van der Waals surface area contributed by atoms with Crippen molar-refractivity contribution >= 4 is 39.0 Å². The zero-order valence-electron chi connectivity index (χ0n) is 16.9. The highest BCUT2D eigenvalue weighted by molar-refractivity contribution is 7.91. The fraction of sp³-hybridized carbons (Fsp3) is 0.381. The van der Waals surface area contributed by atoms with Gasteiger partial charge in [0.05, 0.1) is 19.7 Å². The summed E-state index contributed by atoms with van der Waals surface area (Å²) < 4.78 is 38.1. The second-order valence-corrected chi connectivity index (χ2v) is 10.0. The first-order chi connectivity index (χ1) is 14.4. The maximum absolute atomic E-state index is 12.9. The number of carbonyl (C=O) groups excluding carboxylic acids is 1. The number of aliphatic carboxylic acids is 1. The van der Waals surface area contributed by atoms with Crippen molar-refractivity contribution in [2.24, 2.45) is 0 Å². The van der Waals surface area contributed by atoms with Gasteiger partial charge in [-0.1, -0.05) is 12.5 Å². The molecule has 0 saturated carbocycles. The molecule has 162 valence electrons. The van der Waals surface area contributed by atoms with Gasteiger partial charge in [-0.3, -0.25) is 0 Å². The Hall–Kier alpha value is -2.36. The highest BCUT2D eigenvalue weighted by atomic mass is 32.2. The molecule has 1 fully saturated rings. The second-order valence-electron chi connectivity index (χ2n) is 6.77. The van der Waals surface area contributed by atoms with Crippen LogP contribution in [-0.4, -0.2) is 45.5 Å². The standard InChI is InChI=1S/C21H25NO6S2/c1-3-28-17-8-7-15(14-18(17)27-2)13-16(21(23)24)19-9-10-20(29-19)30(25,26)22-11-5-4-6-12-22/h7-10,13-14H,3-6,11-12H2,1-2H3,(H,23,24)/p-1/b16-13-. The van der Waals surface area contributed by atoms with Crippen LogP contribution in [0.3, 0.4) is 0 Å². The number of hydrogen-bond donors (Lipinski definition) is 0. The summed E-state index contributed by atoms with van der Waals surface area (Å²) >= 11 is 0.936. The lowest BCUT2D eigenvalue weighted by molar-refractivity contribution is -0.295. The number of hydrogen-bond acceptors (Lipinski definition) is 7. The van der Waals surface area contributed by atoms with Crippen LogP contribution in [0.4, 0.5) is 0 Å².